The van der Waals surface area contributed by atoms with Crippen LogP contribution >= 0.6 is 0 Å². The number of hydrogen-bond acceptors (Lipinski definition) is 6. The van der Waals surface area contributed by atoms with Crippen LogP contribution in [-0.2, 0) is 0 Å². The van der Waals surface area contributed by atoms with Gasteiger partial charge in [0.2, 0.25) is 0 Å². The Morgan fingerprint density at radius 2 is 1.70 bits per heavy atom. The van der Waals surface area contributed by atoms with Gasteiger partial charge in [-0.15, -0.1) is 0 Å². The summed E-state index contributed by atoms with van der Waals surface area (Å²) in [5.74, 6) is 1.51. The molecule has 0 bridgehead atoms. The molecule has 7 rings (SSSR count). The zero-order valence-corrected chi connectivity index (χ0v) is 20.2. The molecule has 8 heteroatoms. The Kier molecular flexibility index (Phi) is 5.35. The first-order valence-corrected chi connectivity index (χ1v) is 12.7. The predicted octanol–water partition coefficient (Wildman–Crippen LogP) is 6.34. The average molecular weight is 488 g/mol. The zero-order chi connectivity index (χ0) is 24.6. The van der Waals surface area contributed by atoms with Gasteiger partial charge < -0.3 is 9.72 Å². The van der Waals surface area contributed by atoms with E-state index in [4.69, 9.17) is 9.72 Å². The van der Waals surface area contributed by atoms with E-state index in [9.17, 15) is 0 Å². The van der Waals surface area contributed by atoms with Gasteiger partial charge >= 0.3 is 0 Å². The summed E-state index contributed by atoms with van der Waals surface area (Å²) in [5, 5.41) is 8.72. The third-order valence-corrected chi connectivity index (χ3v) is 7.02. The number of pyridine rings is 3. The van der Waals surface area contributed by atoms with Crippen molar-refractivity contribution in [2.75, 3.05) is 0 Å². The third kappa shape index (κ3) is 4.10. The molecule has 0 unspecified atom stereocenters. The molecule has 1 aliphatic rings. The van der Waals surface area contributed by atoms with Crippen molar-refractivity contribution >= 4 is 21.9 Å². The number of ether oxygens (including phenoxy) is 1. The molecular formula is C29H25N7O. The van der Waals surface area contributed by atoms with E-state index in [-0.39, 0.29) is 6.10 Å². The minimum Gasteiger partial charge on any atom is -0.489 e. The van der Waals surface area contributed by atoms with Crippen molar-refractivity contribution < 1.29 is 4.74 Å². The van der Waals surface area contributed by atoms with Gasteiger partial charge in [-0.2, -0.15) is 5.10 Å². The topological polar surface area (TPSA) is 105 Å². The second kappa shape index (κ2) is 9.13. The number of aromatic nitrogens is 7. The highest BCUT2D eigenvalue weighted by Crippen LogP contribution is 2.33. The molecule has 1 aliphatic carbocycles. The zero-order valence-electron chi connectivity index (χ0n) is 20.2. The summed E-state index contributed by atoms with van der Waals surface area (Å²) >= 11 is 0. The molecule has 2 N–H and O–H groups in total. The lowest BCUT2D eigenvalue weighted by Gasteiger charge is -2.23. The largest absolute Gasteiger partial charge is 0.489 e. The van der Waals surface area contributed by atoms with E-state index >= 15 is 0 Å². The Balaban J connectivity index is 1.26. The van der Waals surface area contributed by atoms with Gasteiger partial charge in [-0.1, -0.05) is 12.5 Å². The van der Waals surface area contributed by atoms with Crippen molar-refractivity contribution in [1.29, 1.82) is 0 Å². The van der Waals surface area contributed by atoms with Crippen molar-refractivity contribution in [3.8, 4) is 39.7 Å². The summed E-state index contributed by atoms with van der Waals surface area (Å²) < 4.78 is 6.26. The lowest BCUT2D eigenvalue weighted by molar-refractivity contribution is 0.154. The van der Waals surface area contributed by atoms with Gasteiger partial charge in [-0.25, -0.2) is 4.98 Å². The van der Waals surface area contributed by atoms with Crippen LogP contribution in [0.2, 0.25) is 0 Å². The minimum atomic E-state index is 0.285. The smallest absolute Gasteiger partial charge is 0.159 e. The molecule has 0 saturated heterocycles. The molecule has 1 aromatic carbocycles. The van der Waals surface area contributed by atoms with Crippen molar-refractivity contribution in [3.05, 3.63) is 73.4 Å². The maximum atomic E-state index is 6.26. The van der Waals surface area contributed by atoms with E-state index in [0.717, 1.165) is 68.6 Å². The van der Waals surface area contributed by atoms with Crippen molar-refractivity contribution in [3.63, 3.8) is 0 Å². The van der Waals surface area contributed by atoms with Crippen LogP contribution in [-0.4, -0.2) is 41.2 Å². The summed E-state index contributed by atoms with van der Waals surface area (Å²) in [6, 6.07) is 14.1. The summed E-state index contributed by atoms with van der Waals surface area (Å²) in [7, 11) is 0. The molecule has 0 spiro atoms. The number of imidazole rings is 1. The molecule has 182 valence electrons. The second-order valence-electron chi connectivity index (χ2n) is 9.50. The molecule has 0 amide bonds. The van der Waals surface area contributed by atoms with Gasteiger partial charge in [-0.3, -0.25) is 20.1 Å². The van der Waals surface area contributed by atoms with Gasteiger partial charge in [0, 0.05) is 41.3 Å². The van der Waals surface area contributed by atoms with Crippen LogP contribution in [0.5, 0.6) is 5.75 Å². The van der Waals surface area contributed by atoms with E-state index in [1.807, 2.05) is 36.7 Å². The van der Waals surface area contributed by atoms with E-state index in [1.54, 1.807) is 18.6 Å². The Morgan fingerprint density at radius 3 is 2.59 bits per heavy atom. The molecule has 0 atom stereocenters. The van der Waals surface area contributed by atoms with E-state index in [2.05, 4.69) is 48.3 Å². The molecule has 6 aromatic rings. The molecule has 5 aromatic heterocycles. The number of fused-ring (bicyclic) bond motifs is 2. The number of nitrogens with one attached hydrogen (secondary N) is 2. The maximum Gasteiger partial charge on any atom is 0.159 e. The highest BCUT2D eigenvalue weighted by Gasteiger charge is 2.18. The Hall–Kier alpha value is -4.59. The average Bonchev–Trinajstić information content (AvgIpc) is 3.58. The second-order valence-corrected chi connectivity index (χ2v) is 9.50. The normalized spacial score (nSPS) is 14.4. The Morgan fingerprint density at radius 1 is 0.784 bits per heavy atom. The van der Waals surface area contributed by atoms with Gasteiger partial charge in [0.1, 0.15) is 17.0 Å². The van der Waals surface area contributed by atoms with E-state index < -0.39 is 0 Å². The van der Waals surface area contributed by atoms with Crippen LogP contribution in [0, 0.1) is 0 Å². The lowest BCUT2D eigenvalue weighted by atomic mass is 9.98. The van der Waals surface area contributed by atoms with E-state index in [0.29, 0.717) is 5.82 Å². The highest BCUT2D eigenvalue weighted by atomic mass is 16.5. The van der Waals surface area contributed by atoms with Crippen LogP contribution in [0.4, 0.5) is 0 Å². The fourth-order valence-electron chi connectivity index (χ4n) is 5.15. The molecule has 1 fully saturated rings. The molecule has 37 heavy (non-hydrogen) atoms. The Labute approximate surface area is 213 Å². The quantitative estimate of drug-likeness (QED) is 0.294. The van der Waals surface area contributed by atoms with Crippen LogP contribution in [0.15, 0.2) is 73.4 Å². The molecule has 1 saturated carbocycles. The van der Waals surface area contributed by atoms with Crippen LogP contribution in [0.3, 0.4) is 0 Å². The van der Waals surface area contributed by atoms with Crippen molar-refractivity contribution in [2.24, 2.45) is 0 Å². The SMILES string of the molecule is c1cncc(-c2nccc3[nH]c(-c4n[nH]c5ccc(-c6cncc(OC7CCCCC7)c6)cc45)nc23)c1. The molecule has 0 radical (unpaired) electrons. The monoisotopic (exact) mass is 487 g/mol. The number of aromatic amines is 2. The first-order valence-electron chi connectivity index (χ1n) is 12.7. The van der Waals surface area contributed by atoms with Crippen LogP contribution in [0.1, 0.15) is 32.1 Å². The third-order valence-electron chi connectivity index (χ3n) is 7.02. The molecule has 8 nitrogen and oxygen atoms in total. The lowest BCUT2D eigenvalue weighted by Crippen LogP contribution is -2.19. The number of benzene rings is 1. The molecular weight excluding hydrogens is 462 g/mol. The summed E-state index contributed by atoms with van der Waals surface area (Å²) in [5.41, 5.74) is 7.14. The van der Waals surface area contributed by atoms with Crippen molar-refractivity contribution in [2.45, 2.75) is 38.2 Å². The predicted molar refractivity (Wildman–Crippen MR) is 143 cm³/mol. The first kappa shape index (κ1) is 21.7. The molecule has 5 heterocycles. The minimum absolute atomic E-state index is 0.285. The van der Waals surface area contributed by atoms with Crippen LogP contribution in [0.25, 0.3) is 55.8 Å². The van der Waals surface area contributed by atoms with Gasteiger partial charge in [0.05, 0.1) is 29.0 Å². The highest BCUT2D eigenvalue weighted by molar-refractivity contribution is 5.97. The fourth-order valence-corrected chi connectivity index (χ4v) is 5.15. The summed E-state index contributed by atoms with van der Waals surface area (Å²) in [4.78, 5) is 21.6. The summed E-state index contributed by atoms with van der Waals surface area (Å²) in [6.45, 7) is 0. The number of hydrogen-bond donors (Lipinski definition) is 2. The van der Waals surface area contributed by atoms with Crippen molar-refractivity contribution in [1.82, 2.24) is 35.1 Å². The molecule has 0 aliphatic heterocycles. The number of H-pyrrole nitrogens is 2. The first-order chi connectivity index (χ1) is 18.3. The van der Waals surface area contributed by atoms with E-state index in [1.165, 1.54) is 19.3 Å². The Bertz CT molecular complexity index is 1700. The summed E-state index contributed by atoms with van der Waals surface area (Å²) in [6.07, 6.45) is 15.3. The fraction of sp³-hybridized carbons (Fsp3) is 0.207. The van der Waals surface area contributed by atoms with Gasteiger partial charge in [0.15, 0.2) is 5.82 Å². The van der Waals surface area contributed by atoms with Gasteiger partial charge in [0.25, 0.3) is 0 Å². The maximum absolute atomic E-state index is 6.26. The number of rotatable bonds is 5. The van der Waals surface area contributed by atoms with Gasteiger partial charge in [-0.05, 0) is 67.6 Å². The number of nitrogens with zero attached hydrogens (tertiary/aromatic N) is 5. The van der Waals surface area contributed by atoms with Crippen LogP contribution < -0.4 is 4.74 Å². The standard InChI is InChI=1S/C29H25N7O/c1-2-6-21(7-3-1)37-22-13-20(16-31-17-22)18-8-9-24-23(14-18)27(36-35-24)29-33-25-10-12-32-26(28(25)34-29)19-5-4-11-30-15-19/h4-5,8-17,21H,1-3,6-7H2,(H,33,34)(H,35,36).